The van der Waals surface area contributed by atoms with Crippen LogP contribution in [0.1, 0.15) is 24.6 Å². The summed E-state index contributed by atoms with van der Waals surface area (Å²) in [7, 11) is 0. The lowest BCUT2D eigenvalue weighted by Gasteiger charge is -2.10. The summed E-state index contributed by atoms with van der Waals surface area (Å²) < 4.78 is 0. The van der Waals surface area contributed by atoms with Gasteiger partial charge >= 0.3 is 0 Å². The van der Waals surface area contributed by atoms with Gasteiger partial charge in [0.05, 0.1) is 9.90 Å². The van der Waals surface area contributed by atoms with E-state index in [0.29, 0.717) is 0 Å². The largest absolute Gasteiger partial charge is 0.370 e. The van der Waals surface area contributed by atoms with Crippen molar-refractivity contribution >= 4 is 28.8 Å². The molecule has 0 unspecified atom stereocenters. The predicted octanol–water partition coefficient (Wildman–Crippen LogP) is 3.78. The third-order valence-corrected chi connectivity index (χ3v) is 4.34. The van der Waals surface area contributed by atoms with Crippen LogP contribution < -0.4 is 5.32 Å². The van der Waals surface area contributed by atoms with Gasteiger partial charge in [-0.2, -0.15) is 0 Å². The third-order valence-electron chi connectivity index (χ3n) is 3.07. The van der Waals surface area contributed by atoms with Crippen molar-refractivity contribution in [2.75, 3.05) is 11.9 Å². The zero-order valence-electron chi connectivity index (χ0n) is 10.2. The van der Waals surface area contributed by atoms with E-state index in [1.807, 2.05) is 11.4 Å². The van der Waals surface area contributed by atoms with Crippen molar-refractivity contribution in [3.63, 3.8) is 0 Å². The number of rotatable bonds is 3. The highest BCUT2D eigenvalue weighted by Gasteiger charge is 2.20. The van der Waals surface area contributed by atoms with Gasteiger partial charge in [0.25, 0.3) is 0 Å². The molecule has 1 aliphatic carbocycles. The van der Waals surface area contributed by atoms with Gasteiger partial charge in [0.1, 0.15) is 5.82 Å². The van der Waals surface area contributed by atoms with E-state index in [1.54, 1.807) is 11.3 Å². The van der Waals surface area contributed by atoms with Crippen LogP contribution in [-0.4, -0.2) is 16.5 Å². The van der Waals surface area contributed by atoms with Gasteiger partial charge in [-0.1, -0.05) is 11.6 Å². The van der Waals surface area contributed by atoms with Crippen molar-refractivity contribution in [2.45, 2.75) is 26.2 Å². The molecule has 3 nitrogen and oxygen atoms in total. The first-order chi connectivity index (χ1) is 8.78. The third kappa shape index (κ3) is 2.10. The van der Waals surface area contributed by atoms with Crippen LogP contribution in [0.5, 0.6) is 0 Å². The van der Waals surface area contributed by atoms with Gasteiger partial charge in [-0.25, -0.2) is 9.97 Å². The van der Waals surface area contributed by atoms with E-state index in [1.165, 1.54) is 17.7 Å². The molecule has 2 aromatic heterocycles. The predicted molar refractivity (Wildman–Crippen MR) is 76.5 cm³/mol. The molecule has 1 aliphatic rings. The second kappa shape index (κ2) is 4.86. The van der Waals surface area contributed by atoms with Gasteiger partial charge in [0.15, 0.2) is 5.82 Å². The molecule has 0 radical (unpaired) electrons. The number of anilines is 1. The molecule has 1 N–H and O–H groups in total. The maximum Gasteiger partial charge on any atom is 0.171 e. The van der Waals surface area contributed by atoms with Crippen molar-refractivity contribution in [3.05, 3.63) is 27.7 Å². The van der Waals surface area contributed by atoms with Crippen LogP contribution in [0.3, 0.4) is 0 Å². The topological polar surface area (TPSA) is 37.8 Å². The molecule has 0 aliphatic heterocycles. The second-order valence-electron chi connectivity index (χ2n) is 4.33. The number of hydrogen-bond acceptors (Lipinski definition) is 4. The summed E-state index contributed by atoms with van der Waals surface area (Å²) >= 11 is 7.56. The van der Waals surface area contributed by atoms with Gasteiger partial charge in [0, 0.05) is 23.2 Å². The molecular weight excluding hydrogens is 266 g/mol. The summed E-state index contributed by atoms with van der Waals surface area (Å²) in [5.41, 5.74) is 2.49. The highest BCUT2D eigenvalue weighted by Crippen LogP contribution is 2.32. The summed E-state index contributed by atoms with van der Waals surface area (Å²) in [5, 5.41) is 6.02. The molecule has 94 valence electrons. The summed E-state index contributed by atoms with van der Waals surface area (Å²) in [6.07, 6.45) is 3.32. The molecule has 0 fully saturated rings. The molecule has 0 bridgehead atoms. The maximum atomic E-state index is 5.97. The Morgan fingerprint density at radius 3 is 3.00 bits per heavy atom. The van der Waals surface area contributed by atoms with E-state index < -0.39 is 0 Å². The van der Waals surface area contributed by atoms with E-state index in [2.05, 4.69) is 22.2 Å². The smallest absolute Gasteiger partial charge is 0.171 e. The summed E-state index contributed by atoms with van der Waals surface area (Å²) in [4.78, 5) is 10.4. The minimum Gasteiger partial charge on any atom is -0.370 e. The standard InChI is InChI=1S/C13H14ClN3S/c1-2-15-12-9-4-3-5-10(9)16-13(17-12)11-6-8(14)7-18-11/h6-7H,2-5H2,1H3,(H,15,16,17). The molecule has 0 atom stereocenters. The number of fused-ring (bicyclic) bond motifs is 1. The normalized spacial score (nSPS) is 13.7. The number of nitrogens with one attached hydrogen (secondary N) is 1. The molecule has 5 heteroatoms. The summed E-state index contributed by atoms with van der Waals surface area (Å²) in [6.45, 7) is 2.97. The zero-order valence-corrected chi connectivity index (χ0v) is 11.7. The first-order valence-electron chi connectivity index (χ1n) is 6.16. The quantitative estimate of drug-likeness (QED) is 0.929. The van der Waals surface area contributed by atoms with Crippen LogP contribution in [-0.2, 0) is 12.8 Å². The Labute approximate surface area is 115 Å². The Hall–Kier alpha value is -1.13. The van der Waals surface area contributed by atoms with E-state index in [-0.39, 0.29) is 0 Å². The average molecular weight is 280 g/mol. The molecule has 0 spiro atoms. The SMILES string of the molecule is CCNc1nc(-c2cc(Cl)cs2)nc2c1CCC2. The minimum atomic E-state index is 0.754. The Morgan fingerprint density at radius 1 is 1.39 bits per heavy atom. The Kier molecular flexibility index (Phi) is 3.22. The lowest BCUT2D eigenvalue weighted by atomic mass is 10.2. The van der Waals surface area contributed by atoms with Crippen LogP contribution in [0, 0.1) is 0 Å². The fraction of sp³-hybridized carbons (Fsp3) is 0.385. The lowest BCUT2D eigenvalue weighted by Crippen LogP contribution is -2.06. The van der Waals surface area contributed by atoms with Crippen molar-refractivity contribution in [2.24, 2.45) is 0 Å². The van der Waals surface area contributed by atoms with Crippen molar-refractivity contribution in [3.8, 4) is 10.7 Å². The molecule has 0 saturated heterocycles. The van der Waals surface area contributed by atoms with E-state index >= 15 is 0 Å². The number of hydrogen-bond donors (Lipinski definition) is 1. The highest BCUT2D eigenvalue weighted by atomic mass is 35.5. The molecule has 2 aromatic rings. The summed E-state index contributed by atoms with van der Waals surface area (Å²) in [5.74, 6) is 1.79. The lowest BCUT2D eigenvalue weighted by molar-refractivity contribution is 0.900. The second-order valence-corrected chi connectivity index (χ2v) is 5.68. The number of aryl methyl sites for hydroxylation is 1. The van der Waals surface area contributed by atoms with Crippen LogP contribution in [0.2, 0.25) is 5.02 Å². The van der Waals surface area contributed by atoms with E-state index in [0.717, 1.165) is 40.9 Å². The zero-order chi connectivity index (χ0) is 12.5. The van der Waals surface area contributed by atoms with Crippen LogP contribution in [0.25, 0.3) is 10.7 Å². The maximum absolute atomic E-state index is 5.97. The fourth-order valence-electron chi connectivity index (χ4n) is 2.29. The Bertz CT molecular complexity index is 580. The Morgan fingerprint density at radius 2 is 2.28 bits per heavy atom. The van der Waals surface area contributed by atoms with Gasteiger partial charge in [0.2, 0.25) is 0 Å². The monoisotopic (exact) mass is 279 g/mol. The molecule has 3 rings (SSSR count). The van der Waals surface area contributed by atoms with Crippen molar-refractivity contribution < 1.29 is 0 Å². The van der Waals surface area contributed by atoms with E-state index in [9.17, 15) is 0 Å². The van der Waals surface area contributed by atoms with Gasteiger partial charge < -0.3 is 5.32 Å². The molecule has 18 heavy (non-hydrogen) atoms. The number of nitrogens with zero attached hydrogens (tertiary/aromatic N) is 2. The number of aromatic nitrogens is 2. The molecular formula is C13H14ClN3S. The minimum absolute atomic E-state index is 0.754. The summed E-state index contributed by atoms with van der Waals surface area (Å²) in [6, 6.07) is 1.93. The molecule has 0 saturated carbocycles. The fourth-order valence-corrected chi connectivity index (χ4v) is 3.29. The number of halogens is 1. The van der Waals surface area contributed by atoms with Gasteiger partial charge in [-0.3, -0.25) is 0 Å². The van der Waals surface area contributed by atoms with Crippen LogP contribution in [0.15, 0.2) is 11.4 Å². The van der Waals surface area contributed by atoms with E-state index in [4.69, 9.17) is 11.6 Å². The molecule has 2 heterocycles. The first-order valence-corrected chi connectivity index (χ1v) is 7.41. The average Bonchev–Trinajstić information content (AvgIpc) is 2.97. The van der Waals surface area contributed by atoms with Crippen LogP contribution >= 0.6 is 22.9 Å². The highest BCUT2D eigenvalue weighted by molar-refractivity contribution is 7.14. The Balaban J connectivity index is 2.08. The first kappa shape index (κ1) is 11.9. The van der Waals surface area contributed by atoms with Crippen LogP contribution in [0.4, 0.5) is 5.82 Å². The van der Waals surface area contributed by atoms with Gasteiger partial charge in [-0.15, -0.1) is 11.3 Å². The molecule has 0 aromatic carbocycles. The number of thiophene rings is 1. The van der Waals surface area contributed by atoms with Crippen molar-refractivity contribution in [1.29, 1.82) is 0 Å². The molecule has 0 amide bonds. The van der Waals surface area contributed by atoms with Gasteiger partial charge in [-0.05, 0) is 32.3 Å². The van der Waals surface area contributed by atoms with Crippen molar-refractivity contribution in [1.82, 2.24) is 9.97 Å².